The second kappa shape index (κ2) is 9.78. The third-order valence-corrected chi connectivity index (χ3v) is 2.40. The molecule has 19 heavy (non-hydrogen) atoms. The molecule has 0 aliphatic carbocycles. The zero-order valence-corrected chi connectivity index (χ0v) is 11.8. The quantitative estimate of drug-likeness (QED) is 0.662. The van der Waals surface area contributed by atoms with E-state index in [0.29, 0.717) is 26.4 Å². The van der Waals surface area contributed by atoms with Gasteiger partial charge in [0.2, 0.25) is 0 Å². The highest BCUT2D eigenvalue weighted by Gasteiger charge is 1.99. The van der Waals surface area contributed by atoms with Crippen molar-refractivity contribution in [2.45, 2.75) is 33.0 Å². The van der Waals surface area contributed by atoms with Crippen LogP contribution < -0.4 is 4.74 Å². The smallest absolute Gasteiger partial charge is 0.119 e. The minimum atomic E-state index is -0.453. The molecule has 4 heteroatoms. The summed E-state index contributed by atoms with van der Waals surface area (Å²) in [6, 6.07) is 7.69. The van der Waals surface area contributed by atoms with Crippen molar-refractivity contribution in [1.82, 2.24) is 0 Å². The van der Waals surface area contributed by atoms with Gasteiger partial charge in [-0.25, -0.2) is 0 Å². The van der Waals surface area contributed by atoms with E-state index in [1.54, 1.807) is 6.92 Å². The van der Waals surface area contributed by atoms with Crippen LogP contribution in [0.3, 0.4) is 0 Å². The summed E-state index contributed by atoms with van der Waals surface area (Å²) in [7, 11) is 0. The van der Waals surface area contributed by atoms with Crippen LogP contribution in [0.4, 0.5) is 0 Å². The Balaban J connectivity index is 2.17. The molecule has 1 N–H and O–H groups in total. The van der Waals surface area contributed by atoms with Crippen LogP contribution >= 0.6 is 0 Å². The Kier molecular flexibility index (Phi) is 8.21. The first kappa shape index (κ1) is 16.0. The Morgan fingerprint density at radius 1 is 1.05 bits per heavy atom. The topological polar surface area (TPSA) is 47.9 Å². The van der Waals surface area contributed by atoms with E-state index in [2.05, 4.69) is 6.92 Å². The van der Waals surface area contributed by atoms with E-state index in [0.717, 1.165) is 24.3 Å². The number of ether oxygens (including phenoxy) is 3. The average Bonchev–Trinajstić information content (AvgIpc) is 2.41. The molecule has 1 rings (SSSR count). The number of aliphatic hydroxyl groups excluding tert-OH is 1. The fourth-order valence-electron chi connectivity index (χ4n) is 1.45. The largest absolute Gasteiger partial charge is 0.491 e. The van der Waals surface area contributed by atoms with E-state index in [1.807, 2.05) is 24.3 Å². The Hall–Kier alpha value is -1.10. The lowest BCUT2D eigenvalue weighted by Gasteiger charge is -2.09. The van der Waals surface area contributed by atoms with Crippen molar-refractivity contribution in [3.63, 3.8) is 0 Å². The minimum Gasteiger partial charge on any atom is -0.491 e. The number of benzene rings is 1. The molecule has 0 amide bonds. The Labute approximate surface area is 115 Å². The van der Waals surface area contributed by atoms with E-state index in [-0.39, 0.29) is 0 Å². The number of hydrogen-bond donors (Lipinski definition) is 1. The maximum Gasteiger partial charge on any atom is 0.119 e. The normalized spacial score (nSPS) is 12.4. The summed E-state index contributed by atoms with van der Waals surface area (Å²) in [5.74, 6) is 0.760. The molecule has 1 unspecified atom stereocenters. The molecule has 0 saturated heterocycles. The SMILES string of the molecule is CCCOCCOCc1ccc(OCC(C)O)cc1. The predicted octanol–water partition coefficient (Wildman–Crippen LogP) is 2.39. The Bertz CT molecular complexity index is 321. The standard InChI is InChI=1S/C15H24O4/c1-3-8-17-9-10-18-12-14-4-6-15(7-5-14)19-11-13(2)16/h4-7,13,16H,3,8-12H2,1-2H3. The van der Waals surface area contributed by atoms with Crippen molar-refractivity contribution in [1.29, 1.82) is 0 Å². The maximum atomic E-state index is 9.12. The molecule has 0 spiro atoms. The Morgan fingerprint density at radius 2 is 1.74 bits per heavy atom. The van der Waals surface area contributed by atoms with Gasteiger partial charge in [-0.05, 0) is 31.0 Å². The predicted molar refractivity (Wildman–Crippen MR) is 74.4 cm³/mol. The summed E-state index contributed by atoms with van der Waals surface area (Å²) in [5, 5.41) is 9.12. The van der Waals surface area contributed by atoms with Gasteiger partial charge in [0, 0.05) is 6.61 Å². The first-order chi connectivity index (χ1) is 9.22. The van der Waals surface area contributed by atoms with Crippen molar-refractivity contribution in [3.05, 3.63) is 29.8 Å². The molecule has 1 atom stereocenters. The first-order valence-corrected chi connectivity index (χ1v) is 6.77. The number of aliphatic hydroxyl groups is 1. The summed E-state index contributed by atoms with van der Waals surface area (Å²) in [6.07, 6.45) is 0.583. The zero-order valence-electron chi connectivity index (χ0n) is 11.8. The molecule has 0 aromatic heterocycles. The lowest BCUT2D eigenvalue weighted by Crippen LogP contribution is -2.12. The van der Waals surface area contributed by atoms with Crippen molar-refractivity contribution < 1.29 is 19.3 Å². The third-order valence-electron chi connectivity index (χ3n) is 2.40. The molecule has 108 valence electrons. The van der Waals surface area contributed by atoms with Gasteiger partial charge < -0.3 is 19.3 Å². The van der Waals surface area contributed by atoms with Crippen LogP contribution in [0.1, 0.15) is 25.8 Å². The van der Waals surface area contributed by atoms with Crippen LogP contribution in [0.15, 0.2) is 24.3 Å². The summed E-state index contributed by atoms with van der Waals surface area (Å²) in [6.45, 7) is 6.71. The lowest BCUT2D eigenvalue weighted by atomic mass is 10.2. The van der Waals surface area contributed by atoms with Gasteiger partial charge in [-0.2, -0.15) is 0 Å². The van der Waals surface area contributed by atoms with Crippen molar-refractivity contribution in [2.75, 3.05) is 26.4 Å². The van der Waals surface area contributed by atoms with Crippen LogP contribution in [0.25, 0.3) is 0 Å². The molecule has 0 radical (unpaired) electrons. The summed E-state index contributed by atoms with van der Waals surface area (Å²) < 4.78 is 16.2. The molecule has 4 nitrogen and oxygen atoms in total. The molecule has 1 aromatic rings. The third kappa shape index (κ3) is 7.82. The molecular formula is C15H24O4. The van der Waals surface area contributed by atoms with E-state index < -0.39 is 6.10 Å². The van der Waals surface area contributed by atoms with Gasteiger partial charge in [0.25, 0.3) is 0 Å². The van der Waals surface area contributed by atoms with Crippen molar-refractivity contribution in [3.8, 4) is 5.75 Å². The van der Waals surface area contributed by atoms with Crippen LogP contribution in [0.5, 0.6) is 5.75 Å². The van der Waals surface area contributed by atoms with E-state index in [9.17, 15) is 0 Å². The minimum absolute atomic E-state index is 0.310. The zero-order chi connectivity index (χ0) is 13.9. The molecule has 0 fully saturated rings. The summed E-state index contributed by atoms with van der Waals surface area (Å²) >= 11 is 0. The van der Waals surface area contributed by atoms with Gasteiger partial charge in [-0.15, -0.1) is 0 Å². The van der Waals surface area contributed by atoms with Gasteiger partial charge in [0.15, 0.2) is 0 Å². The summed E-state index contributed by atoms with van der Waals surface area (Å²) in [5.41, 5.74) is 1.10. The molecule has 1 aromatic carbocycles. The lowest BCUT2D eigenvalue weighted by molar-refractivity contribution is 0.0408. The first-order valence-electron chi connectivity index (χ1n) is 6.77. The molecule has 0 saturated carbocycles. The highest BCUT2D eigenvalue weighted by Crippen LogP contribution is 2.13. The molecule has 0 aliphatic rings. The monoisotopic (exact) mass is 268 g/mol. The maximum absolute atomic E-state index is 9.12. The van der Waals surface area contributed by atoms with E-state index in [1.165, 1.54) is 0 Å². The van der Waals surface area contributed by atoms with Crippen LogP contribution in [0.2, 0.25) is 0 Å². The highest BCUT2D eigenvalue weighted by atomic mass is 16.5. The van der Waals surface area contributed by atoms with E-state index in [4.69, 9.17) is 19.3 Å². The number of rotatable bonds is 10. The second-order valence-electron chi connectivity index (χ2n) is 4.47. The van der Waals surface area contributed by atoms with Crippen LogP contribution in [-0.2, 0) is 16.1 Å². The molecular weight excluding hydrogens is 244 g/mol. The number of hydrogen-bond acceptors (Lipinski definition) is 4. The highest BCUT2D eigenvalue weighted by molar-refractivity contribution is 5.26. The molecule has 0 aliphatic heterocycles. The van der Waals surface area contributed by atoms with E-state index >= 15 is 0 Å². The van der Waals surface area contributed by atoms with Gasteiger partial charge in [-0.1, -0.05) is 19.1 Å². The fraction of sp³-hybridized carbons (Fsp3) is 0.600. The molecule has 0 heterocycles. The fourth-order valence-corrected chi connectivity index (χ4v) is 1.45. The van der Waals surface area contributed by atoms with Gasteiger partial charge in [0.05, 0.1) is 25.9 Å². The van der Waals surface area contributed by atoms with Gasteiger partial charge >= 0.3 is 0 Å². The van der Waals surface area contributed by atoms with Gasteiger partial charge in [-0.3, -0.25) is 0 Å². The van der Waals surface area contributed by atoms with Gasteiger partial charge in [0.1, 0.15) is 12.4 Å². The van der Waals surface area contributed by atoms with Crippen LogP contribution in [0, 0.1) is 0 Å². The molecule has 0 bridgehead atoms. The second-order valence-corrected chi connectivity index (χ2v) is 4.47. The Morgan fingerprint density at radius 3 is 2.37 bits per heavy atom. The summed E-state index contributed by atoms with van der Waals surface area (Å²) in [4.78, 5) is 0. The van der Waals surface area contributed by atoms with Crippen molar-refractivity contribution in [2.24, 2.45) is 0 Å². The average molecular weight is 268 g/mol. The van der Waals surface area contributed by atoms with Crippen molar-refractivity contribution >= 4 is 0 Å². The van der Waals surface area contributed by atoms with Crippen LogP contribution in [-0.4, -0.2) is 37.6 Å².